The molecule has 126 valence electrons. The van der Waals surface area contributed by atoms with Crippen LogP contribution in [-0.2, 0) is 14.6 Å². The van der Waals surface area contributed by atoms with Gasteiger partial charge in [-0.1, -0.05) is 13.3 Å². The lowest BCUT2D eigenvalue weighted by atomic mass is 10.3. The first-order valence-electron chi connectivity index (χ1n) is 7.47. The lowest BCUT2D eigenvalue weighted by Gasteiger charge is -2.19. The Morgan fingerprint density at radius 3 is 2.68 bits per heavy atom. The molecule has 0 radical (unpaired) electrons. The Kier molecular flexibility index (Phi) is 7.46. The second-order valence-corrected chi connectivity index (χ2v) is 6.71. The van der Waals surface area contributed by atoms with E-state index in [-0.39, 0.29) is 23.5 Å². The molecular weight excluding hydrogens is 308 g/mol. The van der Waals surface area contributed by atoms with Crippen LogP contribution in [0.15, 0.2) is 11.5 Å². The van der Waals surface area contributed by atoms with Gasteiger partial charge in [-0.05, 0) is 20.3 Å². The van der Waals surface area contributed by atoms with Crippen molar-refractivity contribution in [2.75, 3.05) is 32.1 Å². The Bertz CT molecular complexity index is 570. The maximum Gasteiger partial charge on any atom is 0.346 e. The summed E-state index contributed by atoms with van der Waals surface area (Å²) in [6.45, 7) is 7.36. The van der Waals surface area contributed by atoms with E-state index in [2.05, 4.69) is 10.1 Å². The summed E-state index contributed by atoms with van der Waals surface area (Å²) in [5, 5.41) is 3.47. The highest BCUT2D eigenvalue weighted by Crippen LogP contribution is 2.06. The Labute approximate surface area is 131 Å². The molecule has 0 spiro atoms. The van der Waals surface area contributed by atoms with Crippen molar-refractivity contribution in [3.8, 4) is 0 Å². The van der Waals surface area contributed by atoms with Crippen molar-refractivity contribution >= 4 is 15.9 Å². The highest BCUT2D eigenvalue weighted by Gasteiger charge is 2.22. The molecule has 0 unspecified atom stereocenters. The van der Waals surface area contributed by atoms with Crippen LogP contribution < -0.4 is 0 Å². The number of hydrogen-bond acceptors (Lipinski definition) is 6. The maximum atomic E-state index is 12.2. The highest BCUT2D eigenvalue weighted by molar-refractivity contribution is 7.91. The molecule has 1 amide bonds. The molecule has 0 bridgehead atoms. The predicted molar refractivity (Wildman–Crippen MR) is 81.5 cm³/mol. The summed E-state index contributed by atoms with van der Waals surface area (Å²) in [6.07, 6.45) is 3.00. The van der Waals surface area contributed by atoms with Crippen molar-refractivity contribution in [2.45, 2.75) is 38.8 Å². The summed E-state index contributed by atoms with van der Waals surface area (Å²) in [4.78, 5) is 17.6. The van der Waals surface area contributed by atoms with Crippen molar-refractivity contribution in [3.63, 3.8) is 0 Å². The average Bonchev–Trinajstić information content (AvgIpc) is 2.98. The van der Waals surface area contributed by atoms with E-state index in [0.29, 0.717) is 19.7 Å². The summed E-state index contributed by atoms with van der Waals surface area (Å²) in [6, 6.07) is -0.366. The Morgan fingerprint density at radius 1 is 1.36 bits per heavy atom. The Balaban J connectivity index is 2.79. The largest absolute Gasteiger partial charge is 0.381 e. The van der Waals surface area contributed by atoms with Crippen LogP contribution >= 0.6 is 0 Å². The van der Waals surface area contributed by atoms with Crippen molar-refractivity contribution in [2.24, 2.45) is 0 Å². The van der Waals surface area contributed by atoms with Crippen LogP contribution in [0.2, 0.25) is 0 Å². The molecule has 9 heteroatoms. The second kappa shape index (κ2) is 8.84. The number of amides is 1. The van der Waals surface area contributed by atoms with E-state index < -0.39 is 9.84 Å². The first-order valence-corrected chi connectivity index (χ1v) is 9.12. The number of rotatable bonds is 9. The van der Waals surface area contributed by atoms with Gasteiger partial charge in [0.15, 0.2) is 0 Å². The van der Waals surface area contributed by atoms with Gasteiger partial charge in [-0.2, -0.15) is 4.68 Å². The van der Waals surface area contributed by atoms with Crippen LogP contribution in [0.4, 0.5) is 4.79 Å². The van der Waals surface area contributed by atoms with Crippen LogP contribution in [0.1, 0.15) is 33.6 Å². The molecule has 0 saturated carbocycles. The fraction of sp³-hybridized carbons (Fsp3) is 0.769. The van der Waals surface area contributed by atoms with Gasteiger partial charge >= 0.3 is 6.03 Å². The van der Waals surface area contributed by atoms with Crippen LogP contribution in [0.5, 0.6) is 0 Å². The van der Waals surface area contributed by atoms with Crippen molar-refractivity contribution in [1.82, 2.24) is 19.7 Å². The predicted octanol–water partition coefficient (Wildman–Crippen LogP) is 1.18. The van der Waals surface area contributed by atoms with Crippen LogP contribution in [0.3, 0.4) is 0 Å². The summed E-state index contributed by atoms with van der Waals surface area (Å²) < 4.78 is 30.0. The van der Waals surface area contributed by atoms with Gasteiger partial charge in [0.25, 0.3) is 5.16 Å². The summed E-state index contributed by atoms with van der Waals surface area (Å²) in [5.74, 6) is -0.202. The van der Waals surface area contributed by atoms with Crippen LogP contribution in [-0.4, -0.2) is 66.2 Å². The van der Waals surface area contributed by atoms with Gasteiger partial charge in [0.1, 0.15) is 6.33 Å². The zero-order valence-electron chi connectivity index (χ0n) is 13.4. The zero-order chi connectivity index (χ0) is 16.6. The number of carbonyl (C=O) groups is 1. The van der Waals surface area contributed by atoms with E-state index in [1.165, 1.54) is 0 Å². The number of ether oxygens (including phenoxy) is 1. The molecule has 8 nitrogen and oxygen atoms in total. The average molecular weight is 332 g/mol. The van der Waals surface area contributed by atoms with E-state index >= 15 is 0 Å². The van der Waals surface area contributed by atoms with Gasteiger partial charge in [-0.15, -0.1) is 5.10 Å². The second-order valence-electron chi connectivity index (χ2n) is 4.70. The molecule has 0 aliphatic rings. The van der Waals surface area contributed by atoms with Crippen LogP contribution in [0.25, 0.3) is 0 Å². The maximum absolute atomic E-state index is 12.2. The van der Waals surface area contributed by atoms with Gasteiger partial charge < -0.3 is 9.64 Å². The van der Waals surface area contributed by atoms with Crippen molar-refractivity contribution in [3.05, 3.63) is 6.33 Å². The number of unbranched alkanes of at least 4 members (excludes halogenated alkanes) is 1. The van der Waals surface area contributed by atoms with Gasteiger partial charge in [-0.3, -0.25) is 0 Å². The molecule has 1 rings (SSSR count). The number of sulfone groups is 1. The summed E-state index contributed by atoms with van der Waals surface area (Å²) in [7, 11) is -3.63. The minimum absolute atomic E-state index is 0.0822. The van der Waals surface area contributed by atoms with Gasteiger partial charge in [0, 0.05) is 19.7 Å². The fourth-order valence-corrected chi connectivity index (χ4v) is 2.71. The molecule has 0 aromatic carbocycles. The molecule has 1 aromatic heterocycles. The summed E-state index contributed by atoms with van der Waals surface area (Å²) in [5.41, 5.74) is 0. The minimum Gasteiger partial charge on any atom is -0.381 e. The number of hydrogen-bond donors (Lipinski definition) is 0. The van der Waals surface area contributed by atoms with Crippen molar-refractivity contribution in [1.29, 1.82) is 0 Å². The van der Waals surface area contributed by atoms with Gasteiger partial charge in [0.2, 0.25) is 9.84 Å². The molecule has 1 heterocycles. The Hall–Kier alpha value is -1.48. The molecular formula is C13H24N4O4S. The first-order chi connectivity index (χ1) is 10.5. The quantitative estimate of drug-likeness (QED) is 0.630. The zero-order valence-corrected chi connectivity index (χ0v) is 14.2. The number of aromatic nitrogens is 3. The third-order valence-electron chi connectivity index (χ3n) is 3.08. The molecule has 22 heavy (non-hydrogen) atoms. The van der Waals surface area contributed by atoms with E-state index in [9.17, 15) is 13.2 Å². The van der Waals surface area contributed by atoms with Crippen LogP contribution in [0, 0.1) is 0 Å². The molecule has 0 fully saturated rings. The molecule has 0 N–H and O–H groups in total. The number of nitrogens with zero attached hydrogens (tertiary/aromatic N) is 4. The number of carbonyl (C=O) groups excluding carboxylic acids is 1. The standard InChI is InChI=1S/C13H24N4O4S/c1-4-7-8-16(5-2)13(18)17-11-14-12(15-17)22(19,20)10-9-21-6-3/h11H,4-10H2,1-3H3. The SMILES string of the molecule is CCCCN(CC)C(=O)n1cnc(S(=O)(=O)CCOCC)n1. The summed E-state index contributed by atoms with van der Waals surface area (Å²) >= 11 is 0. The lowest BCUT2D eigenvalue weighted by molar-refractivity contribution is 0.163. The van der Waals surface area contributed by atoms with E-state index in [1.54, 1.807) is 11.8 Å². The molecule has 0 aliphatic carbocycles. The van der Waals surface area contributed by atoms with E-state index in [4.69, 9.17) is 4.74 Å². The van der Waals surface area contributed by atoms with Crippen molar-refractivity contribution < 1.29 is 17.9 Å². The first kappa shape index (κ1) is 18.6. The normalized spacial score (nSPS) is 11.6. The fourth-order valence-electron chi connectivity index (χ4n) is 1.77. The highest BCUT2D eigenvalue weighted by atomic mass is 32.2. The molecule has 1 aromatic rings. The molecule has 0 saturated heterocycles. The molecule has 0 atom stereocenters. The smallest absolute Gasteiger partial charge is 0.346 e. The minimum atomic E-state index is -3.63. The third-order valence-corrected chi connectivity index (χ3v) is 4.53. The topological polar surface area (TPSA) is 94.4 Å². The van der Waals surface area contributed by atoms with E-state index in [1.807, 2.05) is 13.8 Å². The van der Waals surface area contributed by atoms with Gasteiger partial charge in [-0.25, -0.2) is 18.2 Å². The Morgan fingerprint density at radius 2 is 2.09 bits per heavy atom. The third kappa shape index (κ3) is 5.06. The van der Waals surface area contributed by atoms with Gasteiger partial charge in [0.05, 0.1) is 12.4 Å². The monoisotopic (exact) mass is 332 g/mol. The molecule has 0 aliphatic heterocycles. The lowest BCUT2D eigenvalue weighted by Crippen LogP contribution is -2.35. The van der Waals surface area contributed by atoms with E-state index in [0.717, 1.165) is 23.9 Å².